The van der Waals surface area contributed by atoms with Crippen molar-refractivity contribution in [2.24, 2.45) is 0 Å². The summed E-state index contributed by atoms with van der Waals surface area (Å²) < 4.78 is 20.1. The molecule has 57 heavy (non-hydrogen) atoms. The van der Waals surface area contributed by atoms with Gasteiger partial charge >= 0.3 is 18.0 Å². The van der Waals surface area contributed by atoms with Gasteiger partial charge in [0, 0.05) is 51.4 Å². The lowest BCUT2D eigenvalue weighted by Gasteiger charge is -2.56. The molecule has 0 aromatic carbocycles. The molecular formula is C48H90N6O3. The highest BCUT2D eigenvalue weighted by Crippen LogP contribution is 2.43. The summed E-state index contributed by atoms with van der Waals surface area (Å²) in [6.45, 7) is 37.3. The molecule has 0 N–H and O–H groups in total. The van der Waals surface area contributed by atoms with Crippen molar-refractivity contribution in [1.29, 1.82) is 0 Å². The molecule has 0 spiro atoms. The standard InChI is InChI=1S/C48H90N6O3/c1-16-19-25-37(52-43(4,5)28-22-29-44(52,6)7)34-55-40-49-41(56-35-38(26-20-17-2)53-45(8,9)30-23-31-46(53,10)11)51-42(50-40)57-36-39(27-21-18-3)54-47(12,13)32-24-33-48(54,14)15/h37-39H,16-36H2,1-15H3. The van der Waals surface area contributed by atoms with Crippen LogP contribution in [0.15, 0.2) is 0 Å². The molecule has 3 saturated heterocycles. The monoisotopic (exact) mass is 799 g/mol. The molecule has 0 amide bonds. The third-order valence-corrected chi connectivity index (χ3v) is 14.2. The Morgan fingerprint density at radius 1 is 0.404 bits per heavy atom. The zero-order valence-corrected chi connectivity index (χ0v) is 40.0. The van der Waals surface area contributed by atoms with Crippen LogP contribution in [0.2, 0.25) is 0 Å². The molecule has 1 aromatic rings. The van der Waals surface area contributed by atoms with Crippen molar-refractivity contribution in [3.63, 3.8) is 0 Å². The van der Waals surface area contributed by atoms with E-state index < -0.39 is 0 Å². The van der Waals surface area contributed by atoms with Gasteiger partial charge in [0.2, 0.25) is 0 Å². The smallest absolute Gasteiger partial charge is 0.325 e. The predicted octanol–water partition coefficient (Wildman–Crippen LogP) is 11.8. The van der Waals surface area contributed by atoms with Crippen molar-refractivity contribution in [2.45, 2.75) is 271 Å². The number of hydrogen-bond donors (Lipinski definition) is 0. The van der Waals surface area contributed by atoms with Gasteiger partial charge in [0.25, 0.3) is 0 Å². The molecule has 3 aliphatic heterocycles. The van der Waals surface area contributed by atoms with E-state index in [0.717, 1.165) is 57.8 Å². The third kappa shape index (κ3) is 12.4. The molecule has 3 atom stereocenters. The highest BCUT2D eigenvalue weighted by atomic mass is 16.5. The van der Waals surface area contributed by atoms with Crippen LogP contribution in [-0.4, -0.2) is 101 Å². The van der Waals surface area contributed by atoms with Crippen molar-refractivity contribution < 1.29 is 14.2 Å². The van der Waals surface area contributed by atoms with E-state index >= 15 is 0 Å². The van der Waals surface area contributed by atoms with Crippen LogP contribution in [0.25, 0.3) is 0 Å². The fourth-order valence-electron chi connectivity index (χ4n) is 12.2. The van der Waals surface area contributed by atoms with Gasteiger partial charge in [-0.3, -0.25) is 14.7 Å². The molecule has 3 unspecified atom stereocenters. The topological polar surface area (TPSA) is 76.1 Å². The summed E-state index contributed by atoms with van der Waals surface area (Å²) in [5.74, 6) is 0. The lowest BCUT2D eigenvalue weighted by Crippen LogP contribution is -2.63. The van der Waals surface area contributed by atoms with Crippen LogP contribution in [0.3, 0.4) is 0 Å². The first kappa shape index (κ1) is 48.0. The van der Waals surface area contributed by atoms with Crippen LogP contribution in [0, 0.1) is 0 Å². The first-order valence-corrected chi connectivity index (χ1v) is 23.6. The molecule has 0 bridgehead atoms. The Morgan fingerprint density at radius 3 is 0.807 bits per heavy atom. The Kier molecular flexibility index (Phi) is 16.6. The molecule has 330 valence electrons. The van der Waals surface area contributed by atoms with E-state index in [0.29, 0.717) is 37.9 Å². The summed E-state index contributed by atoms with van der Waals surface area (Å²) in [6.07, 6.45) is 21.0. The zero-order chi connectivity index (χ0) is 42.3. The second-order valence-electron chi connectivity index (χ2n) is 22.0. The van der Waals surface area contributed by atoms with Crippen LogP contribution < -0.4 is 14.2 Å². The quantitative estimate of drug-likeness (QED) is 0.121. The largest absolute Gasteiger partial charge is 0.462 e. The lowest BCUT2D eigenvalue weighted by atomic mass is 9.78. The van der Waals surface area contributed by atoms with Crippen LogP contribution in [0.4, 0.5) is 0 Å². The number of ether oxygens (including phenoxy) is 3. The fraction of sp³-hybridized carbons (Fsp3) is 0.938. The van der Waals surface area contributed by atoms with Gasteiger partial charge in [0.1, 0.15) is 19.8 Å². The van der Waals surface area contributed by atoms with E-state index in [2.05, 4.69) is 119 Å². The molecule has 4 rings (SSSR count). The fourth-order valence-corrected chi connectivity index (χ4v) is 12.2. The molecule has 3 fully saturated rings. The number of unbranched alkanes of at least 4 members (excludes halogenated alkanes) is 3. The Balaban J connectivity index is 1.68. The molecule has 4 heterocycles. The summed E-state index contributed by atoms with van der Waals surface area (Å²) in [5, 5.41) is 0. The van der Waals surface area contributed by atoms with Gasteiger partial charge in [0.15, 0.2) is 0 Å². The van der Waals surface area contributed by atoms with Crippen molar-refractivity contribution in [1.82, 2.24) is 29.7 Å². The summed E-state index contributed by atoms with van der Waals surface area (Å²) >= 11 is 0. The van der Waals surface area contributed by atoms with E-state index in [1.54, 1.807) is 0 Å². The summed E-state index contributed by atoms with van der Waals surface area (Å²) in [4.78, 5) is 22.9. The van der Waals surface area contributed by atoms with Crippen molar-refractivity contribution in [3.8, 4) is 18.0 Å². The maximum atomic E-state index is 6.71. The maximum absolute atomic E-state index is 6.71. The molecule has 3 aliphatic rings. The van der Waals surface area contributed by atoms with Crippen molar-refractivity contribution in [2.75, 3.05) is 19.8 Å². The van der Waals surface area contributed by atoms with E-state index in [1.807, 2.05) is 0 Å². The van der Waals surface area contributed by atoms with E-state index in [-0.39, 0.29) is 51.4 Å². The number of likely N-dealkylation sites (tertiary alicyclic amines) is 3. The molecule has 0 radical (unpaired) electrons. The van der Waals surface area contributed by atoms with Gasteiger partial charge in [0.05, 0.1) is 0 Å². The van der Waals surface area contributed by atoms with Gasteiger partial charge in [-0.2, -0.15) is 0 Å². The Morgan fingerprint density at radius 2 is 0.614 bits per heavy atom. The Bertz CT molecular complexity index is 1150. The SMILES string of the molecule is CCCCC(COc1nc(OCC(CCCC)N2C(C)(C)CCCC2(C)C)nc(OCC(CCCC)N2C(C)(C)CCCC2(C)C)n1)N1C(C)(C)CCCC1(C)C. The summed E-state index contributed by atoms with van der Waals surface area (Å²) in [6, 6.07) is 1.63. The number of rotatable bonds is 21. The first-order valence-electron chi connectivity index (χ1n) is 23.6. The second kappa shape index (κ2) is 19.8. The molecule has 0 aliphatic carbocycles. The van der Waals surface area contributed by atoms with Crippen LogP contribution in [-0.2, 0) is 0 Å². The minimum atomic E-state index is 0.0815. The highest BCUT2D eigenvalue weighted by Gasteiger charge is 2.47. The average Bonchev–Trinajstić information content (AvgIpc) is 3.09. The lowest BCUT2D eigenvalue weighted by molar-refractivity contribution is -0.0774. The van der Waals surface area contributed by atoms with Crippen molar-refractivity contribution in [3.05, 3.63) is 0 Å². The average molecular weight is 799 g/mol. The summed E-state index contributed by atoms with van der Waals surface area (Å²) in [7, 11) is 0. The van der Waals surface area contributed by atoms with Gasteiger partial charge in [-0.1, -0.05) is 59.3 Å². The Labute approximate surface area is 351 Å². The highest BCUT2D eigenvalue weighted by molar-refractivity contribution is 5.11. The van der Waals surface area contributed by atoms with Crippen molar-refractivity contribution >= 4 is 0 Å². The number of aromatic nitrogens is 3. The van der Waals surface area contributed by atoms with Gasteiger partial charge in [-0.05, 0) is 160 Å². The van der Waals surface area contributed by atoms with Gasteiger partial charge in [-0.15, -0.1) is 15.0 Å². The van der Waals surface area contributed by atoms with E-state index in [1.165, 1.54) is 57.8 Å². The number of piperidine rings is 3. The molecule has 0 saturated carbocycles. The number of hydrogen-bond acceptors (Lipinski definition) is 9. The van der Waals surface area contributed by atoms with Gasteiger partial charge in [-0.25, -0.2) is 0 Å². The van der Waals surface area contributed by atoms with Crippen LogP contribution in [0.1, 0.15) is 219 Å². The van der Waals surface area contributed by atoms with E-state index in [9.17, 15) is 0 Å². The molecule has 9 nitrogen and oxygen atoms in total. The predicted molar refractivity (Wildman–Crippen MR) is 238 cm³/mol. The third-order valence-electron chi connectivity index (χ3n) is 14.2. The maximum Gasteiger partial charge on any atom is 0.325 e. The zero-order valence-electron chi connectivity index (χ0n) is 40.0. The molecule has 9 heteroatoms. The minimum Gasteiger partial charge on any atom is -0.462 e. The summed E-state index contributed by atoms with van der Waals surface area (Å²) in [5.41, 5.74) is 0.489. The molecule has 1 aromatic heterocycles. The second-order valence-corrected chi connectivity index (χ2v) is 22.0. The minimum absolute atomic E-state index is 0.0815. The van der Waals surface area contributed by atoms with Crippen LogP contribution >= 0.6 is 0 Å². The number of nitrogens with zero attached hydrogens (tertiary/aromatic N) is 6. The normalized spacial score (nSPS) is 24.7. The van der Waals surface area contributed by atoms with Crippen LogP contribution in [0.5, 0.6) is 18.0 Å². The van der Waals surface area contributed by atoms with E-state index in [4.69, 9.17) is 29.2 Å². The first-order chi connectivity index (χ1) is 26.6. The Hall–Kier alpha value is -1.71. The van der Waals surface area contributed by atoms with Gasteiger partial charge < -0.3 is 14.2 Å². The molecular weight excluding hydrogens is 709 g/mol.